The van der Waals surface area contributed by atoms with E-state index in [0.29, 0.717) is 0 Å². The van der Waals surface area contributed by atoms with Crippen molar-refractivity contribution in [3.63, 3.8) is 0 Å². The monoisotopic (exact) mass is 405 g/mol. The zero-order valence-corrected chi connectivity index (χ0v) is 18.0. The van der Waals surface area contributed by atoms with Gasteiger partial charge in [-0.25, -0.2) is 0 Å². The number of thiophene rings is 1. The van der Waals surface area contributed by atoms with Crippen molar-refractivity contribution in [2.45, 2.75) is 0 Å². The van der Waals surface area contributed by atoms with Crippen LogP contribution in [-0.4, -0.2) is 14.1 Å². The van der Waals surface area contributed by atoms with Crippen LogP contribution in [0.1, 0.15) is 0 Å². The van der Waals surface area contributed by atoms with E-state index in [9.17, 15) is 0 Å². The molecule has 2 heteroatoms. The Balaban J connectivity index is 1.86. The van der Waals surface area contributed by atoms with Gasteiger partial charge in [0.25, 0.3) is 0 Å². The number of anilines is 1. The lowest BCUT2D eigenvalue weighted by molar-refractivity contribution is 1.13. The summed E-state index contributed by atoms with van der Waals surface area (Å²) in [5.41, 5.74) is 6.33. The number of rotatable bonds is 4. The Morgan fingerprint density at radius 3 is 1.73 bits per heavy atom. The Bertz CT molecular complexity index is 1300. The molecule has 1 nitrogen and oxygen atoms in total. The van der Waals surface area contributed by atoms with Gasteiger partial charge in [0.2, 0.25) is 0 Å². The van der Waals surface area contributed by atoms with E-state index in [-0.39, 0.29) is 0 Å². The predicted molar refractivity (Wildman–Crippen MR) is 132 cm³/mol. The molecule has 0 bridgehead atoms. The van der Waals surface area contributed by atoms with Crippen molar-refractivity contribution in [1.82, 2.24) is 0 Å². The summed E-state index contributed by atoms with van der Waals surface area (Å²) in [6, 6.07) is 36.9. The second kappa shape index (κ2) is 7.81. The van der Waals surface area contributed by atoms with Crippen molar-refractivity contribution >= 4 is 27.8 Å². The summed E-state index contributed by atoms with van der Waals surface area (Å²) in [5, 5.41) is 2.63. The van der Waals surface area contributed by atoms with Crippen LogP contribution in [0.2, 0.25) is 0 Å². The standard InChI is InChI=1S/C28H23NS/c1-29(2)25-19-11-18-22(20-12-5-3-6-13-20)26(25)28-24-17-10-9-16-23(24)27(30-28)21-14-7-4-8-15-21/h3-19H,1-2H3. The lowest BCUT2D eigenvalue weighted by atomic mass is 9.94. The van der Waals surface area contributed by atoms with Gasteiger partial charge in [0, 0.05) is 45.9 Å². The topological polar surface area (TPSA) is 3.24 Å². The fourth-order valence-electron chi connectivity index (χ4n) is 4.09. The highest BCUT2D eigenvalue weighted by molar-refractivity contribution is 7.21. The molecule has 0 saturated heterocycles. The van der Waals surface area contributed by atoms with Crippen LogP contribution in [0.15, 0.2) is 103 Å². The molecule has 4 aromatic carbocycles. The third kappa shape index (κ3) is 3.20. The first-order valence-corrected chi connectivity index (χ1v) is 11.0. The number of fused-ring (bicyclic) bond motifs is 1. The Kier molecular flexibility index (Phi) is 4.86. The molecule has 0 spiro atoms. The fraction of sp³-hybridized carbons (Fsp3) is 0.0714. The van der Waals surface area contributed by atoms with Crippen LogP contribution < -0.4 is 4.90 Å². The number of hydrogen-bond acceptors (Lipinski definition) is 2. The Morgan fingerprint density at radius 2 is 1.10 bits per heavy atom. The second-order valence-corrected chi connectivity index (χ2v) is 8.65. The molecular formula is C28H23NS. The van der Waals surface area contributed by atoms with Crippen molar-refractivity contribution in [2.24, 2.45) is 0 Å². The van der Waals surface area contributed by atoms with Gasteiger partial charge in [-0.15, -0.1) is 11.3 Å². The first-order valence-electron chi connectivity index (χ1n) is 10.2. The molecule has 1 aromatic heterocycles. The van der Waals surface area contributed by atoms with Gasteiger partial charge in [0.05, 0.1) is 0 Å². The fourth-order valence-corrected chi connectivity index (χ4v) is 5.44. The third-order valence-corrected chi connectivity index (χ3v) is 6.78. The minimum atomic E-state index is 1.24. The molecule has 0 aliphatic carbocycles. The van der Waals surface area contributed by atoms with Crippen molar-refractivity contribution in [1.29, 1.82) is 0 Å². The lowest BCUT2D eigenvalue weighted by Gasteiger charge is -2.20. The zero-order valence-electron chi connectivity index (χ0n) is 17.2. The van der Waals surface area contributed by atoms with Gasteiger partial charge in [0.1, 0.15) is 0 Å². The second-order valence-electron chi connectivity index (χ2n) is 7.63. The Morgan fingerprint density at radius 1 is 0.533 bits per heavy atom. The van der Waals surface area contributed by atoms with Gasteiger partial charge in [-0.2, -0.15) is 0 Å². The highest BCUT2D eigenvalue weighted by atomic mass is 32.1. The highest BCUT2D eigenvalue weighted by Crippen LogP contribution is 2.49. The van der Waals surface area contributed by atoms with Crippen LogP contribution in [0, 0.1) is 0 Å². The minimum Gasteiger partial charge on any atom is -0.377 e. The molecular weight excluding hydrogens is 382 g/mol. The maximum atomic E-state index is 2.26. The summed E-state index contributed by atoms with van der Waals surface area (Å²) in [7, 11) is 4.25. The van der Waals surface area contributed by atoms with Gasteiger partial charge in [-0.05, 0) is 22.8 Å². The molecule has 0 saturated carbocycles. The molecule has 5 aromatic rings. The van der Waals surface area contributed by atoms with Gasteiger partial charge in [-0.3, -0.25) is 0 Å². The van der Waals surface area contributed by atoms with Crippen LogP contribution >= 0.6 is 11.3 Å². The predicted octanol–water partition coefficient (Wildman–Crippen LogP) is 7.97. The molecule has 1 heterocycles. The van der Waals surface area contributed by atoms with Crippen molar-refractivity contribution in [3.8, 4) is 32.0 Å². The SMILES string of the molecule is CN(C)c1cccc(-c2ccccc2)c1-c1sc(-c2ccccc2)c2ccccc12. The minimum absolute atomic E-state index is 1.24. The van der Waals surface area contributed by atoms with Crippen LogP contribution in [-0.2, 0) is 0 Å². The average Bonchev–Trinajstić information content (AvgIpc) is 3.19. The summed E-state index contributed by atoms with van der Waals surface area (Å²) in [6.45, 7) is 0. The molecule has 0 N–H and O–H groups in total. The van der Waals surface area contributed by atoms with E-state index in [4.69, 9.17) is 0 Å². The molecule has 5 rings (SSSR count). The van der Waals surface area contributed by atoms with Gasteiger partial charge in [-0.1, -0.05) is 97.1 Å². The summed E-state index contributed by atoms with van der Waals surface area (Å²) in [6.07, 6.45) is 0. The van der Waals surface area contributed by atoms with E-state index in [2.05, 4.69) is 122 Å². The van der Waals surface area contributed by atoms with Crippen molar-refractivity contribution in [3.05, 3.63) is 103 Å². The van der Waals surface area contributed by atoms with E-state index in [1.54, 1.807) is 0 Å². The van der Waals surface area contributed by atoms with Gasteiger partial charge < -0.3 is 4.90 Å². The van der Waals surface area contributed by atoms with Crippen LogP contribution in [0.3, 0.4) is 0 Å². The lowest BCUT2D eigenvalue weighted by Crippen LogP contribution is -2.10. The smallest absolute Gasteiger partial charge is 0.0455 e. The average molecular weight is 406 g/mol. The van der Waals surface area contributed by atoms with E-state index in [1.165, 1.54) is 48.5 Å². The van der Waals surface area contributed by atoms with E-state index >= 15 is 0 Å². The van der Waals surface area contributed by atoms with Crippen molar-refractivity contribution < 1.29 is 0 Å². The molecule has 0 fully saturated rings. The van der Waals surface area contributed by atoms with E-state index < -0.39 is 0 Å². The van der Waals surface area contributed by atoms with E-state index in [0.717, 1.165) is 0 Å². The quantitative estimate of drug-likeness (QED) is 0.293. The Labute approximate surface area is 181 Å². The maximum Gasteiger partial charge on any atom is 0.0455 e. The summed E-state index contributed by atoms with van der Waals surface area (Å²) in [5.74, 6) is 0. The number of benzene rings is 4. The summed E-state index contributed by atoms with van der Waals surface area (Å²) in [4.78, 5) is 4.87. The molecule has 30 heavy (non-hydrogen) atoms. The number of nitrogens with zero attached hydrogens (tertiary/aromatic N) is 1. The van der Waals surface area contributed by atoms with Gasteiger partial charge in [0.15, 0.2) is 0 Å². The molecule has 0 amide bonds. The molecule has 0 unspecified atom stereocenters. The first kappa shape index (κ1) is 18.7. The molecule has 146 valence electrons. The largest absolute Gasteiger partial charge is 0.377 e. The maximum absolute atomic E-state index is 2.26. The number of hydrogen-bond donors (Lipinski definition) is 0. The van der Waals surface area contributed by atoms with Crippen molar-refractivity contribution in [2.75, 3.05) is 19.0 Å². The molecule has 0 aliphatic rings. The molecule has 0 radical (unpaired) electrons. The van der Waals surface area contributed by atoms with Crippen LogP contribution in [0.4, 0.5) is 5.69 Å². The van der Waals surface area contributed by atoms with Crippen LogP contribution in [0.5, 0.6) is 0 Å². The third-order valence-electron chi connectivity index (χ3n) is 5.49. The van der Waals surface area contributed by atoms with E-state index in [1.807, 2.05) is 11.3 Å². The zero-order chi connectivity index (χ0) is 20.5. The summed E-state index contributed by atoms with van der Waals surface area (Å²) >= 11 is 1.89. The normalized spacial score (nSPS) is 11.0. The summed E-state index contributed by atoms with van der Waals surface area (Å²) < 4.78 is 0. The molecule has 0 aliphatic heterocycles. The highest BCUT2D eigenvalue weighted by Gasteiger charge is 2.20. The first-order chi connectivity index (χ1) is 14.7. The van der Waals surface area contributed by atoms with Crippen LogP contribution in [0.25, 0.3) is 42.8 Å². The molecule has 0 atom stereocenters. The Hall–Kier alpha value is -3.36. The van der Waals surface area contributed by atoms with Gasteiger partial charge >= 0.3 is 0 Å².